The van der Waals surface area contributed by atoms with Crippen molar-refractivity contribution < 1.29 is 9.53 Å². The summed E-state index contributed by atoms with van der Waals surface area (Å²) in [7, 11) is 0. The van der Waals surface area contributed by atoms with E-state index in [2.05, 4.69) is 36.8 Å². The molecule has 0 atom stereocenters. The van der Waals surface area contributed by atoms with Crippen molar-refractivity contribution in [3.63, 3.8) is 0 Å². The fraction of sp³-hybridized carbons (Fsp3) is 0.273. The van der Waals surface area contributed by atoms with Crippen LogP contribution in [0.3, 0.4) is 0 Å². The molecule has 0 aliphatic carbocycles. The molecule has 1 aromatic heterocycles. The van der Waals surface area contributed by atoms with Crippen molar-refractivity contribution in [2.75, 3.05) is 6.61 Å². The number of ether oxygens (including phenoxy) is 1. The van der Waals surface area contributed by atoms with Gasteiger partial charge in [-0.05, 0) is 40.6 Å². The molecule has 1 aromatic rings. The zero-order valence-electron chi connectivity index (χ0n) is 8.74. The van der Waals surface area contributed by atoms with Crippen LogP contribution in [-0.2, 0) is 14.9 Å². The molecule has 0 radical (unpaired) electrons. The van der Waals surface area contributed by atoms with E-state index in [1.807, 2.05) is 6.07 Å². The number of hydrogen-bond acceptors (Lipinski definition) is 3. The van der Waals surface area contributed by atoms with E-state index in [1.165, 1.54) is 6.08 Å². The molecule has 0 saturated heterocycles. The molecule has 5 heteroatoms. The Kier molecular flexibility index (Phi) is 5.69. The molecule has 0 N–H and O–H groups in total. The number of halogens is 2. The molecule has 0 spiro atoms. The Hall–Kier alpha value is -0.680. The predicted molar refractivity (Wildman–Crippen MR) is 70.2 cm³/mol. The molecular weight excluding hydrogens is 338 g/mol. The van der Waals surface area contributed by atoms with Gasteiger partial charge in [0.05, 0.1) is 12.3 Å². The van der Waals surface area contributed by atoms with Gasteiger partial charge >= 0.3 is 5.97 Å². The highest BCUT2D eigenvalue weighted by Gasteiger charge is 2.00. The second kappa shape index (κ2) is 6.81. The molecule has 0 fully saturated rings. The maximum Gasteiger partial charge on any atom is 0.330 e. The van der Waals surface area contributed by atoms with Crippen LogP contribution in [0.2, 0.25) is 0 Å². The van der Waals surface area contributed by atoms with Crippen LogP contribution in [0.25, 0.3) is 6.08 Å². The summed E-state index contributed by atoms with van der Waals surface area (Å²) in [4.78, 5) is 15.3. The largest absolute Gasteiger partial charge is 0.463 e. The molecule has 1 rings (SSSR count). The second-order valence-electron chi connectivity index (χ2n) is 2.92. The molecule has 0 unspecified atom stereocenters. The summed E-state index contributed by atoms with van der Waals surface area (Å²) in [6.45, 7) is 2.16. The lowest BCUT2D eigenvalue weighted by Crippen LogP contribution is -1.98. The molecule has 0 aliphatic rings. The van der Waals surface area contributed by atoms with Gasteiger partial charge in [0.25, 0.3) is 0 Å². The number of nitrogens with zero attached hydrogens (tertiary/aromatic N) is 1. The van der Waals surface area contributed by atoms with Crippen LogP contribution in [-0.4, -0.2) is 17.6 Å². The first kappa shape index (κ1) is 13.4. The van der Waals surface area contributed by atoms with Gasteiger partial charge in [0.1, 0.15) is 0 Å². The van der Waals surface area contributed by atoms with Gasteiger partial charge in [-0.2, -0.15) is 0 Å². The Labute approximate surface area is 111 Å². The maximum absolute atomic E-state index is 11.1. The molecular formula is C11H11Br2NO2. The third kappa shape index (κ3) is 4.06. The quantitative estimate of drug-likeness (QED) is 0.476. The maximum atomic E-state index is 11.1. The highest BCUT2D eigenvalue weighted by atomic mass is 79.9. The monoisotopic (exact) mass is 347 g/mol. The lowest BCUT2D eigenvalue weighted by molar-refractivity contribution is -0.137. The summed E-state index contributed by atoms with van der Waals surface area (Å²) in [6, 6.07) is 1.90. The molecule has 0 amide bonds. The van der Waals surface area contributed by atoms with Gasteiger partial charge in [-0.1, -0.05) is 15.9 Å². The molecule has 1 heterocycles. The lowest BCUT2D eigenvalue weighted by atomic mass is 10.2. The topological polar surface area (TPSA) is 39.2 Å². The first-order chi connectivity index (χ1) is 7.67. The van der Waals surface area contributed by atoms with Crippen LogP contribution >= 0.6 is 31.9 Å². The van der Waals surface area contributed by atoms with E-state index in [0.717, 1.165) is 15.7 Å². The van der Waals surface area contributed by atoms with Crippen molar-refractivity contribution in [1.29, 1.82) is 0 Å². The van der Waals surface area contributed by atoms with Gasteiger partial charge in [0.2, 0.25) is 0 Å². The molecule has 3 nitrogen and oxygen atoms in total. The van der Waals surface area contributed by atoms with E-state index >= 15 is 0 Å². The Morgan fingerprint density at radius 2 is 2.38 bits per heavy atom. The fourth-order valence-electron chi connectivity index (χ4n) is 1.03. The minimum Gasteiger partial charge on any atom is -0.463 e. The SMILES string of the molecule is CCOC(=O)/C=C/c1cnc(CBr)c(Br)c1. The molecule has 0 aliphatic heterocycles. The third-order valence-corrected chi connectivity index (χ3v) is 2.98. The summed E-state index contributed by atoms with van der Waals surface area (Å²) in [5.74, 6) is -0.344. The number of carbonyl (C=O) groups is 1. The third-order valence-electron chi connectivity index (χ3n) is 1.76. The second-order valence-corrected chi connectivity index (χ2v) is 4.33. The van der Waals surface area contributed by atoms with E-state index in [-0.39, 0.29) is 5.97 Å². The van der Waals surface area contributed by atoms with Crippen molar-refractivity contribution in [3.05, 3.63) is 34.1 Å². The Balaban J connectivity index is 2.75. The molecule has 0 saturated carbocycles. The van der Waals surface area contributed by atoms with Gasteiger partial charge in [-0.3, -0.25) is 4.98 Å². The first-order valence-corrected chi connectivity index (χ1v) is 6.64. The number of esters is 1. The highest BCUT2D eigenvalue weighted by Crippen LogP contribution is 2.18. The van der Waals surface area contributed by atoms with Gasteiger partial charge < -0.3 is 4.74 Å². The number of aromatic nitrogens is 1. The predicted octanol–water partition coefficient (Wildman–Crippen LogP) is 3.32. The smallest absolute Gasteiger partial charge is 0.330 e. The number of rotatable bonds is 4. The zero-order chi connectivity index (χ0) is 12.0. The standard InChI is InChI=1S/C11H11Br2NO2/c1-2-16-11(15)4-3-8-5-9(13)10(6-12)14-7-8/h3-5,7H,2,6H2,1H3/b4-3+. The van der Waals surface area contributed by atoms with E-state index in [4.69, 9.17) is 4.74 Å². The van der Waals surface area contributed by atoms with Gasteiger partial charge in [-0.15, -0.1) is 0 Å². The van der Waals surface area contributed by atoms with Gasteiger partial charge in [0.15, 0.2) is 0 Å². The Morgan fingerprint density at radius 3 is 2.94 bits per heavy atom. The fourth-order valence-corrected chi connectivity index (χ4v) is 2.36. The number of hydrogen-bond donors (Lipinski definition) is 0. The average Bonchev–Trinajstić information content (AvgIpc) is 2.27. The van der Waals surface area contributed by atoms with Gasteiger partial charge in [0, 0.05) is 22.1 Å². The summed E-state index contributed by atoms with van der Waals surface area (Å²) in [5.41, 5.74) is 1.78. The Bertz CT molecular complexity index is 405. The lowest BCUT2D eigenvalue weighted by Gasteiger charge is -2.00. The van der Waals surface area contributed by atoms with Crippen LogP contribution in [0.4, 0.5) is 0 Å². The summed E-state index contributed by atoms with van der Waals surface area (Å²) in [5, 5.41) is 0.690. The van der Waals surface area contributed by atoms with Crippen LogP contribution in [0.5, 0.6) is 0 Å². The zero-order valence-corrected chi connectivity index (χ0v) is 11.9. The van der Waals surface area contributed by atoms with E-state index < -0.39 is 0 Å². The van der Waals surface area contributed by atoms with Gasteiger partial charge in [-0.25, -0.2) is 4.79 Å². The normalized spacial score (nSPS) is 10.7. The van der Waals surface area contributed by atoms with E-state index in [9.17, 15) is 4.79 Å². The van der Waals surface area contributed by atoms with Crippen LogP contribution in [0, 0.1) is 0 Å². The van der Waals surface area contributed by atoms with Crippen LogP contribution in [0.15, 0.2) is 22.8 Å². The average molecular weight is 349 g/mol. The van der Waals surface area contributed by atoms with E-state index in [0.29, 0.717) is 11.9 Å². The van der Waals surface area contributed by atoms with Crippen molar-refractivity contribution in [2.45, 2.75) is 12.3 Å². The summed E-state index contributed by atoms with van der Waals surface area (Å²) in [6.07, 6.45) is 4.77. The highest BCUT2D eigenvalue weighted by molar-refractivity contribution is 9.10. The first-order valence-electron chi connectivity index (χ1n) is 4.72. The minimum absolute atomic E-state index is 0.344. The van der Waals surface area contributed by atoms with Crippen molar-refractivity contribution in [3.8, 4) is 0 Å². The molecule has 0 aromatic carbocycles. The molecule has 16 heavy (non-hydrogen) atoms. The van der Waals surface area contributed by atoms with Crippen molar-refractivity contribution in [2.24, 2.45) is 0 Å². The molecule has 0 bridgehead atoms. The minimum atomic E-state index is -0.344. The molecule has 86 valence electrons. The van der Waals surface area contributed by atoms with Crippen LogP contribution in [0.1, 0.15) is 18.2 Å². The Morgan fingerprint density at radius 1 is 1.62 bits per heavy atom. The summed E-state index contributed by atoms with van der Waals surface area (Å²) >= 11 is 6.73. The summed E-state index contributed by atoms with van der Waals surface area (Å²) < 4.78 is 5.69. The number of pyridine rings is 1. The number of carbonyl (C=O) groups excluding carboxylic acids is 1. The van der Waals surface area contributed by atoms with Crippen molar-refractivity contribution >= 4 is 43.9 Å². The van der Waals surface area contributed by atoms with E-state index in [1.54, 1.807) is 19.2 Å². The van der Waals surface area contributed by atoms with Crippen molar-refractivity contribution in [1.82, 2.24) is 4.98 Å². The number of alkyl halides is 1. The van der Waals surface area contributed by atoms with Crippen LogP contribution < -0.4 is 0 Å².